The third-order valence-electron chi connectivity index (χ3n) is 5.95. The quantitative estimate of drug-likeness (QED) is 0.383. The molecule has 0 radical (unpaired) electrons. The van der Waals surface area contributed by atoms with Gasteiger partial charge in [0, 0.05) is 17.5 Å². The Labute approximate surface area is 195 Å². The molecule has 2 atom stereocenters. The summed E-state index contributed by atoms with van der Waals surface area (Å²) in [6.45, 7) is 0.832. The summed E-state index contributed by atoms with van der Waals surface area (Å²) >= 11 is 1.81. The molecule has 2 unspecified atom stereocenters. The van der Waals surface area contributed by atoms with Gasteiger partial charge in [-0.05, 0) is 41.3 Å². The van der Waals surface area contributed by atoms with Gasteiger partial charge in [0.2, 0.25) is 0 Å². The molecule has 1 aliphatic carbocycles. The number of aliphatic hydroxyl groups excluding tert-OH is 1. The minimum absolute atomic E-state index is 0. The maximum atomic E-state index is 10.7. The van der Waals surface area contributed by atoms with Crippen LogP contribution in [0.5, 0.6) is 0 Å². The zero-order valence-electron chi connectivity index (χ0n) is 17.7. The Bertz CT molecular complexity index is 814. The van der Waals surface area contributed by atoms with E-state index < -0.39 is 6.10 Å². The summed E-state index contributed by atoms with van der Waals surface area (Å²) in [5, 5.41) is 16.5. The number of benzene rings is 2. The molecule has 1 heterocycles. The highest BCUT2D eigenvalue weighted by Gasteiger charge is 2.27. The van der Waals surface area contributed by atoms with E-state index in [1.807, 2.05) is 36.4 Å². The second kappa shape index (κ2) is 12.4. The van der Waals surface area contributed by atoms with E-state index in [2.05, 4.69) is 47.1 Å². The van der Waals surface area contributed by atoms with Crippen LogP contribution in [0.3, 0.4) is 0 Å². The predicted molar refractivity (Wildman–Crippen MR) is 131 cm³/mol. The van der Waals surface area contributed by atoms with Crippen LogP contribution in [0.25, 0.3) is 0 Å². The lowest BCUT2D eigenvalue weighted by molar-refractivity contribution is 0.00493. The molecule has 0 amide bonds. The third-order valence-corrected chi connectivity index (χ3v) is 6.91. The highest BCUT2D eigenvalue weighted by atomic mass is 35.5. The molecule has 0 aliphatic heterocycles. The predicted octanol–water partition coefficient (Wildman–Crippen LogP) is 6.16. The van der Waals surface area contributed by atoms with Crippen molar-refractivity contribution in [2.75, 3.05) is 13.2 Å². The molecule has 2 N–H and O–H groups in total. The van der Waals surface area contributed by atoms with Crippen LogP contribution in [0.15, 0.2) is 78.2 Å². The molecule has 1 fully saturated rings. The van der Waals surface area contributed by atoms with Crippen LogP contribution < -0.4 is 5.32 Å². The number of halogens is 1. The van der Waals surface area contributed by atoms with E-state index in [0.717, 1.165) is 11.1 Å². The first kappa shape index (κ1) is 24.0. The number of ether oxygens (including phenoxy) is 1. The lowest BCUT2D eigenvalue weighted by Gasteiger charge is -2.26. The largest absolute Gasteiger partial charge is 0.389 e. The highest BCUT2D eigenvalue weighted by molar-refractivity contribution is 7.10. The van der Waals surface area contributed by atoms with Gasteiger partial charge in [-0.15, -0.1) is 23.7 Å². The van der Waals surface area contributed by atoms with E-state index in [1.54, 1.807) is 11.3 Å². The number of rotatable bonds is 10. The van der Waals surface area contributed by atoms with Gasteiger partial charge in [0.15, 0.2) is 0 Å². The van der Waals surface area contributed by atoms with Crippen molar-refractivity contribution in [2.24, 2.45) is 5.92 Å². The van der Waals surface area contributed by atoms with Crippen LogP contribution in [0.4, 0.5) is 0 Å². The van der Waals surface area contributed by atoms with Crippen molar-refractivity contribution in [1.29, 1.82) is 0 Å². The smallest absolute Gasteiger partial charge is 0.108 e. The monoisotopic (exact) mass is 457 g/mol. The first-order valence-electron chi connectivity index (χ1n) is 11.0. The summed E-state index contributed by atoms with van der Waals surface area (Å²) in [5.41, 5.74) is 2.21. The molecule has 5 heteroatoms. The molecule has 4 rings (SSSR count). The molecule has 2 aromatic carbocycles. The Morgan fingerprint density at radius 1 is 0.903 bits per heavy atom. The van der Waals surface area contributed by atoms with E-state index in [4.69, 9.17) is 4.74 Å². The zero-order chi connectivity index (χ0) is 20.6. The summed E-state index contributed by atoms with van der Waals surface area (Å²) in [5.74, 6) is 0.665. The van der Waals surface area contributed by atoms with Crippen molar-refractivity contribution in [3.8, 4) is 0 Å². The van der Waals surface area contributed by atoms with Crippen LogP contribution in [0.2, 0.25) is 0 Å². The van der Waals surface area contributed by atoms with Crippen molar-refractivity contribution < 1.29 is 9.84 Å². The minimum atomic E-state index is -0.552. The molecular formula is C26H32ClNO2S. The van der Waals surface area contributed by atoms with Crippen molar-refractivity contribution in [2.45, 2.75) is 43.9 Å². The number of thiophene rings is 1. The van der Waals surface area contributed by atoms with E-state index in [-0.39, 0.29) is 18.5 Å². The minimum Gasteiger partial charge on any atom is -0.389 e. The van der Waals surface area contributed by atoms with E-state index >= 15 is 0 Å². The van der Waals surface area contributed by atoms with Crippen LogP contribution in [-0.2, 0) is 4.74 Å². The topological polar surface area (TPSA) is 41.5 Å². The van der Waals surface area contributed by atoms with Gasteiger partial charge in [0.1, 0.15) is 6.10 Å². The SMILES string of the molecule is Cl.OC(CNC(c1cccs1)C1CCCC1)COC(c1ccccc1)c1ccccc1. The molecule has 0 bridgehead atoms. The van der Waals surface area contributed by atoms with E-state index in [9.17, 15) is 5.11 Å². The Balaban J connectivity index is 0.00000272. The average molecular weight is 458 g/mol. The Morgan fingerprint density at radius 3 is 2.06 bits per heavy atom. The molecule has 1 saturated carbocycles. The Kier molecular flexibility index (Phi) is 9.56. The molecular weight excluding hydrogens is 426 g/mol. The fourth-order valence-electron chi connectivity index (χ4n) is 4.43. The van der Waals surface area contributed by atoms with Crippen molar-refractivity contribution in [1.82, 2.24) is 5.32 Å². The summed E-state index contributed by atoms with van der Waals surface area (Å²) in [6, 6.07) is 25.1. The van der Waals surface area contributed by atoms with E-state index in [0.29, 0.717) is 25.1 Å². The van der Waals surface area contributed by atoms with E-state index in [1.165, 1.54) is 30.6 Å². The lowest BCUT2D eigenvalue weighted by atomic mass is 9.96. The van der Waals surface area contributed by atoms with Gasteiger partial charge in [0.05, 0.1) is 12.7 Å². The fraction of sp³-hybridized carbons (Fsp3) is 0.385. The van der Waals surface area contributed by atoms with Crippen molar-refractivity contribution in [3.05, 3.63) is 94.2 Å². The Morgan fingerprint density at radius 2 is 1.52 bits per heavy atom. The normalized spacial score (nSPS) is 16.2. The van der Waals surface area contributed by atoms with Crippen molar-refractivity contribution >= 4 is 23.7 Å². The van der Waals surface area contributed by atoms with Crippen LogP contribution in [0.1, 0.15) is 53.8 Å². The highest BCUT2D eigenvalue weighted by Crippen LogP contribution is 2.37. The van der Waals surface area contributed by atoms with Crippen LogP contribution in [0, 0.1) is 5.92 Å². The maximum absolute atomic E-state index is 10.7. The lowest BCUT2D eigenvalue weighted by Crippen LogP contribution is -2.35. The number of hydrogen-bond donors (Lipinski definition) is 2. The molecule has 0 spiro atoms. The standard InChI is InChI=1S/C26H31NO2S.ClH/c28-23(18-27-25(20-10-7-8-11-20)24-16-9-17-30-24)19-29-26(21-12-3-1-4-13-21)22-14-5-2-6-15-22;/h1-6,9,12-17,20,23,25-28H,7-8,10-11,18-19H2;1H. The van der Waals surface area contributed by atoms with Crippen LogP contribution >= 0.6 is 23.7 Å². The molecule has 3 nitrogen and oxygen atoms in total. The van der Waals surface area contributed by atoms with Crippen LogP contribution in [-0.4, -0.2) is 24.4 Å². The van der Waals surface area contributed by atoms with Gasteiger partial charge < -0.3 is 15.2 Å². The number of nitrogens with one attached hydrogen (secondary N) is 1. The van der Waals surface area contributed by atoms with Gasteiger partial charge in [-0.1, -0.05) is 79.6 Å². The first-order chi connectivity index (χ1) is 14.8. The van der Waals surface area contributed by atoms with Gasteiger partial charge >= 0.3 is 0 Å². The average Bonchev–Trinajstić information content (AvgIpc) is 3.51. The van der Waals surface area contributed by atoms with Gasteiger partial charge in [-0.25, -0.2) is 0 Å². The summed E-state index contributed by atoms with van der Waals surface area (Å²) in [7, 11) is 0. The summed E-state index contributed by atoms with van der Waals surface area (Å²) in [4.78, 5) is 1.38. The third kappa shape index (κ3) is 6.64. The Hall–Kier alpha value is -1.69. The number of hydrogen-bond acceptors (Lipinski definition) is 4. The fourth-order valence-corrected chi connectivity index (χ4v) is 5.32. The molecule has 1 aliphatic rings. The first-order valence-corrected chi connectivity index (χ1v) is 11.9. The zero-order valence-corrected chi connectivity index (χ0v) is 19.4. The van der Waals surface area contributed by atoms with Gasteiger partial charge in [-0.3, -0.25) is 0 Å². The van der Waals surface area contributed by atoms with Gasteiger partial charge in [-0.2, -0.15) is 0 Å². The molecule has 3 aromatic rings. The maximum Gasteiger partial charge on any atom is 0.108 e. The molecule has 31 heavy (non-hydrogen) atoms. The summed E-state index contributed by atoms with van der Waals surface area (Å²) < 4.78 is 6.24. The second-order valence-electron chi connectivity index (χ2n) is 8.13. The second-order valence-corrected chi connectivity index (χ2v) is 9.11. The molecule has 1 aromatic heterocycles. The molecule has 0 saturated heterocycles. The molecule has 166 valence electrons. The summed E-state index contributed by atoms with van der Waals surface area (Å²) in [6.07, 6.45) is 4.44. The van der Waals surface area contributed by atoms with Crippen molar-refractivity contribution in [3.63, 3.8) is 0 Å². The van der Waals surface area contributed by atoms with Gasteiger partial charge in [0.25, 0.3) is 0 Å². The number of aliphatic hydroxyl groups is 1.